The van der Waals surface area contributed by atoms with Gasteiger partial charge in [0.05, 0.1) is 24.3 Å². The Morgan fingerprint density at radius 3 is 2.92 bits per heavy atom. The SMILES string of the molecule is CN=C(NCc1ccc(C#N)cc1F)NCC1CN(CC(C)C)CCO1. The lowest BCUT2D eigenvalue weighted by atomic mass is 10.1. The molecule has 0 radical (unpaired) electrons. The Morgan fingerprint density at radius 1 is 1.46 bits per heavy atom. The van der Waals surface area contributed by atoms with E-state index < -0.39 is 5.82 Å². The van der Waals surface area contributed by atoms with Crippen LogP contribution in [0.5, 0.6) is 0 Å². The minimum Gasteiger partial charge on any atom is -0.374 e. The molecule has 2 N–H and O–H groups in total. The van der Waals surface area contributed by atoms with Crippen LogP contribution in [0.2, 0.25) is 0 Å². The van der Waals surface area contributed by atoms with Crippen LogP contribution in [0.4, 0.5) is 4.39 Å². The van der Waals surface area contributed by atoms with Gasteiger partial charge in [-0.15, -0.1) is 0 Å². The summed E-state index contributed by atoms with van der Waals surface area (Å²) in [4.78, 5) is 6.59. The van der Waals surface area contributed by atoms with Crippen LogP contribution >= 0.6 is 0 Å². The van der Waals surface area contributed by atoms with Gasteiger partial charge in [-0.2, -0.15) is 5.26 Å². The van der Waals surface area contributed by atoms with E-state index in [4.69, 9.17) is 10.00 Å². The zero-order valence-electron chi connectivity index (χ0n) is 15.8. The van der Waals surface area contributed by atoms with Crippen LogP contribution in [0.1, 0.15) is 25.0 Å². The number of hydrogen-bond acceptors (Lipinski definition) is 4. The van der Waals surface area contributed by atoms with Gasteiger partial charge in [0.1, 0.15) is 5.82 Å². The molecule has 26 heavy (non-hydrogen) atoms. The lowest BCUT2D eigenvalue weighted by molar-refractivity contribution is -0.0284. The van der Waals surface area contributed by atoms with Crippen molar-refractivity contribution in [2.75, 3.05) is 39.8 Å². The van der Waals surface area contributed by atoms with E-state index in [0.29, 0.717) is 36.1 Å². The highest BCUT2D eigenvalue weighted by Gasteiger charge is 2.21. The topological polar surface area (TPSA) is 72.7 Å². The molecule has 1 aliphatic heterocycles. The van der Waals surface area contributed by atoms with Crippen molar-refractivity contribution >= 4 is 5.96 Å². The molecule has 0 saturated carbocycles. The fourth-order valence-electron chi connectivity index (χ4n) is 2.96. The first-order valence-electron chi connectivity index (χ1n) is 8.98. The summed E-state index contributed by atoms with van der Waals surface area (Å²) in [6, 6.07) is 6.39. The fourth-order valence-corrected chi connectivity index (χ4v) is 2.96. The number of ether oxygens (including phenoxy) is 1. The van der Waals surface area contributed by atoms with Crippen molar-refractivity contribution in [3.05, 3.63) is 35.1 Å². The molecule has 1 aliphatic rings. The Hall–Kier alpha value is -2.17. The maximum Gasteiger partial charge on any atom is 0.191 e. The summed E-state index contributed by atoms with van der Waals surface area (Å²) in [7, 11) is 1.68. The standard InChI is InChI=1S/C19H28FN5O/c1-14(2)12-25-6-7-26-17(13-25)11-24-19(22-3)23-10-16-5-4-15(9-21)8-18(16)20/h4-5,8,14,17H,6-7,10-13H2,1-3H3,(H2,22,23,24). The highest BCUT2D eigenvalue weighted by molar-refractivity contribution is 5.79. The number of guanidine groups is 1. The quantitative estimate of drug-likeness (QED) is 0.596. The first-order chi connectivity index (χ1) is 12.5. The minimum absolute atomic E-state index is 0.104. The van der Waals surface area contributed by atoms with Crippen LogP contribution in [0, 0.1) is 23.1 Å². The number of morpholine rings is 1. The van der Waals surface area contributed by atoms with Crippen LogP contribution < -0.4 is 10.6 Å². The fraction of sp³-hybridized carbons (Fsp3) is 0.579. The predicted octanol–water partition coefficient (Wildman–Crippen LogP) is 1.72. The molecule has 7 heteroatoms. The summed E-state index contributed by atoms with van der Waals surface area (Å²) in [5.41, 5.74) is 0.804. The zero-order valence-corrected chi connectivity index (χ0v) is 15.8. The van der Waals surface area contributed by atoms with Crippen molar-refractivity contribution in [3.8, 4) is 6.07 Å². The molecule has 0 aliphatic carbocycles. The van der Waals surface area contributed by atoms with E-state index in [1.54, 1.807) is 19.2 Å². The summed E-state index contributed by atoms with van der Waals surface area (Å²) in [6.45, 7) is 9.05. The van der Waals surface area contributed by atoms with Crippen molar-refractivity contribution in [2.45, 2.75) is 26.5 Å². The molecule has 142 valence electrons. The van der Waals surface area contributed by atoms with Gasteiger partial charge in [0.25, 0.3) is 0 Å². The number of rotatable bonds is 6. The van der Waals surface area contributed by atoms with Gasteiger partial charge < -0.3 is 15.4 Å². The van der Waals surface area contributed by atoms with Crippen LogP contribution in [0.25, 0.3) is 0 Å². The molecule has 6 nitrogen and oxygen atoms in total. The molecular formula is C19H28FN5O. The highest BCUT2D eigenvalue weighted by Crippen LogP contribution is 2.10. The lowest BCUT2D eigenvalue weighted by Gasteiger charge is -2.34. The largest absolute Gasteiger partial charge is 0.374 e. The van der Waals surface area contributed by atoms with E-state index in [2.05, 4.69) is 34.4 Å². The summed E-state index contributed by atoms with van der Waals surface area (Å²) in [5.74, 6) is 0.837. The third-order valence-electron chi connectivity index (χ3n) is 4.20. The molecule has 0 aromatic heterocycles. The Kier molecular flexibility index (Phi) is 7.82. The number of nitriles is 1. The minimum atomic E-state index is -0.396. The summed E-state index contributed by atoms with van der Waals surface area (Å²) in [6.07, 6.45) is 0.104. The Bertz CT molecular complexity index is 656. The monoisotopic (exact) mass is 361 g/mol. The van der Waals surface area contributed by atoms with Crippen molar-refractivity contribution in [3.63, 3.8) is 0 Å². The second kappa shape index (κ2) is 10.1. The van der Waals surface area contributed by atoms with Crippen LogP contribution in [-0.4, -0.2) is 56.8 Å². The number of hydrogen-bond donors (Lipinski definition) is 2. The summed E-state index contributed by atoms with van der Waals surface area (Å²) >= 11 is 0. The first kappa shape index (κ1) is 20.1. The molecule has 2 rings (SSSR count). The van der Waals surface area contributed by atoms with Gasteiger partial charge >= 0.3 is 0 Å². The van der Waals surface area contributed by atoms with E-state index in [1.165, 1.54) is 6.07 Å². The molecule has 0 spiro atoms. The summed E-state index contributed by atoms with van der Waals surface area (Å²) in [5, 5.41) is 15.1. The van der Waals surface area contributed by atoms with Crippen LogP contribution in [0.15, 0.2) is 23.2 Å². The molecule has 1 saturated heterocycles. The first-order valence-corrected chi connectivity index (χ1v) is 8.98. The number of aliphatic imine (C=N–C) groups is 1. The Labute approximate surface area is 155 Å². The second-order valence-corrected chi connectivity index (χ2v) is 6.87. The molecule has 1 aromatic rings. The van der Waals surface area contributed by atoms with E-state index in [1.807, 2.05) is 6.07 Å². The van der Waals surface area contributed by atoms with Crippen molar-refractivity contribution < 1.29 is 9.13 Å². The van der Waals surface area contributed by atoms with Gasteiger partial charge in [0, 0.05) is 45.3 Å². The number of benzene rings is 1. The molecule has 1 aromatic carbocycles. The molecule has 1 heterocycles. The second-order valence-electron chi connectivity index (χ2n) is 6.87. The van der Waals surface area contributed by atoms with Gasteiger partial charge in [-0.25, -0.2) is 4.39 Å². The smallest absolute Gasteiger partial charge is 0.191 e. The molecule has 0 amide bonds. The van der Waals surface area contributed by atoms with Crippen molar-refractivity contribution in [1.29, 1.82) is 5.26 Å². The average Bonchev–Trinajstić information content (AvgIpc) is 2.62. The van der Waals surface area contributed by atoms with Crippen molar-refractivity contribution in [1.82, 2.24) is 15.5 Å². The van der Waals surface area contributed by atoms with E-state index in [9.17, 15) is 4.39 Å². The van der Waals surface area contributed by atoms with Crippen molar-refractivity contribution in [2.24, 2.45) is 10.9 Å². The average molecular weight is 361 g/mol. The number of halogens is 1. The number of nitrogens with zero attached hydrogens (tertiary/aromatic N) is 3. The third kappa shape index (κ3) is 6.28. The zero-order chi connectivity index (χ0) is 18.9. The third-order valence-corrected chi connectivity index (χ3v) is 4.20. The Morgan fingerprint density at radius 2 is 2.27 bits per heavy atom. The Balaban J connectivity index is 1.80. The molecule has 0 bridgehead atoms. The molecule has 1 atom stereocenters. The van der Waals surface area contributed by atoms with Gasteiger partial charge in [0.2, 0.25) is 0 Å². The number of nitrogens with one attached hydrogen (secondary N) is 2. The van der Waals surface area contributed by atoms with Gasteiger partial charge in [-0.3, -0.25) is 9.89 Å². The maximum absolute atomic E-state index is 13.9. The van der Waals surface area contributed by atoms with E-state index in [-0.39, 0.29) is 6.10 Å². The normalized spacial score (nSPS) is 18.6. The van der Waals surface area contributed by atoms with E-state index >= 15 is 0 Å². The van der Waals surface area contributed by atoms with E-state index in [0.717, 1.165) is 26.2 Å². The van der Waals surface area contributed by atoms with Gasteiger partial charge in [-0.1, -0.05) is 19.9 Å². The summed E-state index contributed by atoms with van der Waals surface area (Å²) < 4.78 is 19.8. The molecular weight excluding hydrogens is 333 g/mol. The molecule has 1 fully saturated rings. The van der Waals surface area contributed by atoms with Crippen LogP contribution in [-0.2, 0) is 11.3 Å². The van der Waals surface area contributed by atoms with Gasteiger partial charge in [0.15, 0.2) is 5.96 Å². The lowest BCUT2D eigenvalue weighted by Crippen LogP contribution is -2.50. The maximum atomic E-state index is 13.9. The molecule has 1 unspecified atom stereocenters. The van der Waals surface area contributed by atoms with Gasteiger partial charge in [-0.05, 0) is 18.1 Å². The predicted molar refractivity (Wildman–Crippen MR) is 100 cm³/mol. The highest BCUT2D eigenvalue weighted by atomic mass is 19.1. The van der Waals surface area contributed by atoms with Crippen LogP contribution in [0.3, 0.4) is 0 Å².